The molecule has 1 aliphatic heterocycles. The van der Waals surface area contributed by atoms with E-state index in [1.807, 2.05) is 0 Å². The van der Waals surface area contributed by atoms with Crippen molar-refractivity contribution in [1.29, 1.82) is 0 Å². The first kappa shape index (κ1) is 13.9. The maximum absolute atomic E-state index is 5.79. The monoisotopic (exact) mass is 274 g/mol. The Balaban J connectivity index is 1.56. The number of hydrogen-bond acceptors (Lipinski definition) is 3. The van der Waals surface area contributed by atoms with Crippen LogP contribution in [-0.2, 0) is 6.54 Å². The number of piperazine rings is 1. The Morgan fingerprint density at radius 2 is 1.75 bits per heavy atom. The Morgan fingerprint density at radius 3 is 2.35 bits per heavy atom. The van der Waals surface area contributed by atoms with Gasteiger partial charge in [-0.2, -0.15) is 0 Å². The molecular formula is C17H26N2O. The summed E-state index contributed by atoms with van der Waals surface area (Å²) in [5, 5.41) is 3.48. The molecule has 2 atom stereocenters. The fourth-order valence-electron chi connectivity index (χ4n) is 2.88. The minimum atomic E-state index is 0.601. The summed E-state index contributed by atoms with van der Waals surface area (Å²) in [5.41, 5.74) is 1.38. The number of ether oxygens (including phenoxy) is 1. The SMILES string of the molecule is C[C@@H]1CNC[C@H](C)N1Cc1ccc(OCC2CC2)cc1. The first-order chi connectivity index (χ1) is 9.72. The second-order valence-corrected chi connectivity index (χ2v) is 6.43. The summed E-state index contributed by atoms with van der Waals surface area (Å²) in [6.07, 6.45) is 2.69. The standard InChI is InChI=1S/C17H26N2O/c1-13-9-18-10-14(2)19(13)11-15-5-7-17(8-6-15)20-12-16-3-4-16/h5-8,13-14,16,18H,3-4,9-12H2,1-2H3/t13-,14+. The molecule has 1 saturated heterocycles. The predicted molar refractivity (Wildman–Crippen MR) is 82.0 cm³/mol. The van der Waals surface area contributed by atoms with Crippen LogP contribution in [-0.4, -0.2) is 36.7 Å². The van der Waals surface area contributed by atoms with Gasteiger partial charge in [-0.1, -0.05) is 12.1 Å². The number of hydrogen-bond donors (Lipinski definition) is 1. The van der Waals surface area contributed by atoms with Crippen LogP contribution in [0, 0.1) is 5.92 Å². The topological polar surface area (TPSA) is 24.5 Å². The van der Waals surface area contributed by atoms with Crippen LogP contribution < -0.4 is 10.1 Å². The molecule has 1 aliphatic carbocycles. The molecule has 20 heavy (non-hydrogen) atoms. The van der Waals surface area contributed by atoms with Crippen molar-refractivity contribution in [2.24, 2.45) is 5.92 Å². The van der Waals surface area contributed by atoms with Gasteiger partial charge in [0.15, 0.2) is 0 Å². The largest absolute Gasteiger partial charge is 0.493 e. The van der Waals surface area contributed by atoms with Gasteiger partial charge in [0.2, 0.25) is 0 Å². The van der Waals surface area contributed by atoms with Crippen LogP contribution in [0.25, 0.3) is 0 Å². The van der Waals surface area contributed by atoms with Crippen molar-refractivity contribution in [3.63, 3.8) is 0 Å². The summed E-state index contributed by atoms with van der Waals surface area (Å²) in [7, 11) is 0. The van der Waals surface area contributed by atoms with E-state index in [-0.39, 0.29) is 0 Å². The molecular weight excluding hydrogens is 248 g/mol. The lowest BCUT2D eigenvalue weighted by Gasteiger charge is -2.39. The molecule has 2 aliphatic rings. The van der Waals surface area contributed by atoms with Crippen LogP contribution in [0.3, 0.4) is 0 Å². The molecule has 0 bridgehead atoms. The predicted octanol–water partition coefficient (Wildman–Crippen LogP) is 2.66. The molecule has 3 nitrogen and oxygen atoms in total. The van der Waals surface area contributed by atoms with Gasteiger partial charge in [-0.3, -0.25) is 4.90 Å². The summed E-state index contributed by atoms with van der Waals surface area (Å²) in [6, 6.07) is 9.87. The van der Waals surface area contributed by atoms with Gasteiger partial charge in [-0.05, 0) is 50.3 Å². The maximum Gasteiger partial charge on any atom is 0.119 e. The number of nitrogens with one attached hydrogen (secondary N) is 1. The molecule has 1 saturated carbocycles. The molecule has 1 aromatic carbocycles. The van der Waals surface area contributed by atoms with Crippen molar-refractivity contribution in [2.75, 3.05) is 19.7 Å². The maximum atomic E-state index is 5.79. The Kier molecular flexibility index (Phi) is 4.27. The van der Waals surface area contributed by atoms with Gasteiger partial charge < -0.3 is 10.1 Å². The van der Waals surface area contributed by atoms with Crippen molar-refractivity contribution in [1.82, 2.24) is 10.2 Å². The second-order valence-electron chi connectivity index (χ2n) is 6.43. The molecule has 0 unspecified atom stereocenters. The van der Waals surface area contributed by atoms with Crippen LogP contribution >= 0.6 is 0 Å². The number of rotatable bonds is 5. The molecule has 110 valence electrons. The number of benzene rings is 1. The van der Waals surface area contributed by atoms with Gasteiger partial charge in [0, 0.05) is 31.7 Å². The average Bonchev–Trinajstić information content (AvgIpc) is 3.26. The third kappa shape index (κ3) is 3.53. The Morgan fingerprint density at radius 1 is 1.10 bits per heavy atom. The molecule has 0 aromatic heterocycles. The quantitative estimate of drug-likeness (QED) is 0.893. The van der Waals surface area contributed by atoms with Gasteiger partial charge in [-0.15, -0.1) is 0 Å². The lowest BCUT2D eigenvalue weighted by Crippen LogP contribution is -2.54. The molecule has 0 radical (unpaired) electrons. The lowest BCUT2D eigenvalue weighted by atomic mass is 10.1. The average molecular weight is 274 g/mol. The minimum absolute atomic E-state index is 0.601. The van der Waals surface area contributed by atoms with Gasteiger partial charge in [0.25, 0.3) is 0 Å². The highest BCUT2D eigenvalue weighted by molar-refractivity contribution is 5.27. The van der Waals surface area contributed by atoms with Crippen molar-refractivity contribution >= 4 is 0 Å². The highest BCUT2D eigenvalue weighted by Gasteiger charge is 2.24. The van der Waals surface area contributed by atoms with E-state index in [1.165, 1.54) is 18.4 Å². The van der Waals surface area contributed by atoms with Gasteiger partial charge in [0.05, 0.1) is 6.61 Å². The van der Waals surface area contributed by atoms with E-state index in [0.29, 0.717) is 12.1 Å². The van der Waals surface area contributed by atoms with E-state index in [9.17, 15) is 0 Å². The van der Waals surface area contributed by atoms with Crippen LogP contribution in [0.2, 0.25) is 0 Å². The normalized spacial score (nSPS) is 27.5. The van der Waals surface area contributed by atoms with Gasteiger partial charge in [0.1, 0.15) is 5.75 Å². The molecule has 0 amide bonds. The van der Waals surface area contributed by atoms with E-state index in [1.54, 1.807) is 0 Å². The highest BCUT2D eigenvalue weighted by atomic mass is 16.5. The van der Waals surface area contributed by atoms with E-state index < -0.39 is 0 Å². The summed E-state index contributed by atoms with van der Waals surface area (Å²) >= 11 is 0. The van der Waals surface area contributed by atoms with Crippen LogP contribution in [0.4, 0.5) is 0 Å². The molecule has 0 spiro atoms. The Hall–Kier alpha value is -1.06. The fraction of sp³-hybridized carbons (Fsp3) is 0.647. The van der Waals surface area contributed by atoms with Gasteiger partial charge >= 0.3 is 0 Å². The highest BCUT2D eigenvalue weighted by Crippen LogP contribution is 2.29. The minimum Gasteiger partial charge on any atom is -0.493 e. The fourth-order valence-corrected chi connectivity index (χ4v) is 2.88. The van der Waals surface area contributed by atoms with Crippen molar-refractivity contribution in [3.05, 3.63) is 29.8 Å². The zero-order valence-electron chi connectivity index (χ0n) is 12.6. The third-order valence-electron chi connectivity index (χ3n) is 4.48. The number of nitrogens with zero attached hydrogens (tertiary/aromatic N) is 1. The molecule has 3 rings (SSSR count). The molecule has 3 heteroatoms. The third-order valence-corrected chi connectivity index (χ3v) is 4.48. The molecule has 1 N–H and O–H groups in total. The lowest BCUT2D eigenvalue weighted by molar-refractivity contribution is 0.109. The first-order valence-corrected chi connectivity index (χ1v) is 7.90. The summed E-state index contributed by atoms with van der Waals surface area (Å²) in [6.45, 7) is 8.71. The van der Waals surface area contributed by atoms with E-state index in [4.69, 9.17) is 4.74 Å². The zero-order chi connectivity index (χ0) is 13.9. The van der Waals surface area contributed by atoms with E-state index in [0.717, 1.165) is 37.9 Å². The first-order valence-electron chi connectivity index (χ1n) is 7.90. The summed E-state index contributed by atoms with van der Waals surface area (Å²) in [4.78, 5) is 2.58. The Bertz CT molecular complexity index is 417. The smallest absolute Gasteiger partial charge is 0.119 e. The van der Waals surface area contributed by atoms with Crippen molar-refractivity contribution in [3.8, 4) is 5.75 Å². The van der Waals surface area contributed by atoms with Crippen molar-refractivity contribution < 1.29 is 4.74 Å². The van der Waals surface area contributed by atoms with Crippen molar-refractivity contribution in [2.45, 2.75) is 45.3 Å². The molecule has 1 aromatic rings. The molecule has 1 heterocycles. The van der Waals surface area contributed by atoms with Crippen LogP contribution in [0.5, 0.6) is 5.75 Å². The second kappa shape index (κ2) is 6.15. The van der Waals surface area contributed by atoms with E-state index >= 15 is 0 Å². The van der Waals surface area contributed by atoms with E-state index in [2.05, 4.69) is 48.3 Å². The zero-order valence-corrected chi connectivity index (χ0v) is 12.6. The summed E-state index contributed by atoms with van der Waals surface area (Å²) in [5.74, 6) is 1.83. The Labute approximate surface area is 122 Å². The van der Waals surface area contributed by atoms with Crippen LogP contribution in [0.1, 0.15) is 32.3 Å². The summed E-state index contributed by atoms with van der Waals surface area (Å²) < 4.78 is 5.79. The molecule has 2 fully saturated rings. The van der Waals surface area contributed by atoms with Crippen LogP contribution in [0.15, 0.2) is 24.3 Å². The van der Waals surface area contributed by atoms with Gasteiger partial charge in [-0.25, -0.2) is 0 Å².